The highest BCUT2D eigenvalue weighted by molar-refractivity contribution is 7.80. The summed E-state index contributed by atoms with van der Waals surface area (Å²) in [5.74, 6) is 0.756. The fourth-order valence-corrected chi connectivity index (χ4v) is 1.92. The summed E-state index contributed by atoms with van der Waals surface area (Å²) in [4.78, 5) is 14.3. The Morgan fingerprint density at radius 3 is 2.68 bits per heavy atom. The van der Waals surface area contributed by atoms with Gasteiger partial charge in [0.2, 0.25) is 5.91 Å². The number of rotatable bonds is 6. The highest BCUT2D eigenvalue weighted by Crippen LogP contribution is 2.14. The lowest BCUT2D eigenvalue weighted by Crippen LogP contribution is -2.42. The first kappa shape index (κ1) is 15.4. The summed E-state index contributed by atoms with van der Waals surface area (Å²) in [6, 6.07) is 7.55. The van der Waals surface area contributed by atoms with E-state index < -0.39 is 0 Å². The summed E-state index contributed by atoms with van der Waals surface area (Å²) in [6.07, 6.45) is 0.317. The van der Waals surface area contributed by atoms with Gasteiger partial charge in [0.25, 0.3) is 0 Å². The summed E-state index contributed by atoms with van der Waals surface area (Å²) >= 11 is 4.88. The smallest absolute Gasteiger partial charge is 0.227 e. The second-order valence-corrected chi connectivity index (χ2v) is 5.13. The van der Waals surface area contributed by atoms with Gasteiger partial charge in [0, 0.05) is 6.04 Å². The Hall–Kier alpha value is -1.62. The third-order valence-electron chi connectivity index (χ3n) is 2.76. The number of hydrogen-bond donors (Lipinski definition) is 1. The molecule has 0 aromatic heterocycles. The van der Waals surface area contributed by atoms with E-state index in [1.807, 2.05) is 38.1 Å². The number of amides is 1. The van der Waals surface area contributed by atoms with Crippen molar-refractivity contribution in [2.75, 3.05) is 13.7 Å². The van der Waals surface area contributed by atoms with Crippen LogP contribution < -0.4 is 10.5 Å². The lowest BCUT2D eigenvalue weighted by molar-refractivity contribution is -0.131. The van der Waals surface area contributed by atoms with E-state index in [0.29, 0.717) is 18.0 Å². The van der Waals surface area contributed by atoms with Gasteiger partial charge in [-0.25, -0.2) is 0 Å². The predicted octanol–water partition coefficient (Wildman–Crippen LogP) is 1.76. The van der Waals surface area contributed by atoms with E-state index in [1.54, 1.807) is 12.0 Å². The second-order valence-electron chi connectivity index (χ2n) is 4.61. The van der Waals surface area contributed by atoms with E-state index in [-0.39, 0.29) is 11.9 Å². The van der Waals surface area contributed by atoms with E-state index in [9.17, 15) is 4.79 Å². The zero-order valence-electron chi connectivity index (χ0n) is 11.6. The minimum absolute atomic E-state index is 0.0102. The lowest BCUT2D eigenvalue weighted by Gasteiger charge is -2.26. The van der Waals surface area contributed by atoms with Crippen molar-refractivity contribution in [1.82, 2.24) is 4.90 Å². The van der Waals surface area contributed by atoms with Crippen molar-refractivity contribution in [3.8, 4) is 5.75 Å². The molecule has 0 aliphatic heterocycles. The van der Waals surface area contributed by atoms with Crippen LogP contribution in [0.4, 0.5) is 0 Å². The van der Waals surface area contributed by atoms with Crippen molar-refractivity contribution in [3.05, 3.63) is 29.8 Å². The van der Waals surface area contributed by atoms with E-state index in [0.717, 1.165) is 11.3 Å². The first-order valence-corrected chi connectivity index (χ1v) is 6.55. The largest absolute Gasteiger partial charge is 0.497 e. The molecule has 104 valence electrons. The van der Waals surface area contributed by atoms with Gasteiger partial charge in [-0.3, -0.25) is 4.79 Å². The maximum atomic E-state index is 12.3. The molecule has 5 heteroatoms. The quantitative estimate of drug-likeness (QED) is 0.807. The van der Waals surface area contributed by atoms with Crippen LogP contribution in [-0.4, -0.2) is 35.5 Å². The zero-order valence-corrected chi connectivity index (χ0v) is 12.4. The third-order valence-corrected chi connectivity index (χ3v) is 2.89. The Morgan fingerprint density at radius 2 is 2.16 bits per heavy atom. The Balaban J connectivity index is 2.77. The van der Waals surface area contributed by atoms with Crippen LogP contribution in [0, 0.1) is 0 Å². The molecule has 0 spiro atoms. The summed E-state index contributed by atoms with van der Waals surface area (Å²) < 4.78 is 5.14. The van der Waals surface area contributed by atoms with Crippen molar-refractivity contribution in [2.24, 2.45) is 5.73 Å². The van der Waals surface area contributed by atoms with Gasteiger partial charge in [-0.1, -0.05) is 24.4 Å². The molecule has 2 N–H and O–H groups in total. The number of nitrogens with two attached hydrogens (primary N) is 1. The lowest BCUT2D eigenvalue weighted by atomic mass is 10.1. The molecule has 1 aromatic rings. The summed E-state index contributed by atoms with van der Waals surface area (Å²) in [5.41, 5.74) is 6.44. The molecule has 1 aromatic carbocycles. The highest BCUT2D eigenvalue weighted by Gasteiger charge is 2.18. The standard InChI is InChI=1S/C14H20N2O2S/c1-10(2)16(9-13(15)19)14(17)8-11-5-4-6-12(7-11)18-3/h4-7,10H,8-9H2,1-3H3,(H2,15,19). The molecule has 1 amide bonds. The maximum absolute atomic E-state index is 12.3. The number of hydrogen-bond acceptors (Lipinski definition) is 3. The van der Waals surface area contributed by atoms with Crippen LogP contribution in [0.5, 0.6) is 5.75 Å². The van der Waals surface area contributed by atoms with Gasteiger partial charge in [0.05, 0.1) is 25.1 Å². The summed E-state index contributed by atoms with van der Waals surface area (Å²) in [6.45, 7) is 4.21. The van der Waals surface area contributed by atoms with Crippen LogP contribution >= 0.6 is 12.2 Å². The van der Waals surface area contributed by atoms with Gasteiger partial charge in [-0.05, 0) is 31.5 Å². The fraction of sp³-hybridized carbons (Fsp3) is 0.429. The van der Waals surface area contributed by atoms with Crippen LogP contribution in [0.2, 0.25) is 0 Å². The first-order chi connectivity index (χ1) is 8.93. The molecule has 0 heterocycles. The topological polar surface area (TPSA) is 55.6 Å². The van der Waals surface area contributed by atoms with Crippen LogP contribution in [-0.2, 0) is 11.2 Å². The molecule has 0 bridgehead atoms. The average Bonchev–Trinajstić information content (AvgIpc) is 2.35. The number of thiocarbonyl (C=S) groups is 1. The minimum atomic E-state index is 0.0102. The molecule has 19 heavy (non-hydrogen) atoms. The molecule has 0 radical (unpaired) electrons. The fourth-order valence-electron chi connectivity index (χ4n) is 1.79. The molecule has 0 unspecified atom stereocenters. The average molecular weight is 280 g/mol. The van der Waals surface area contributed by atoms with Crippen LogP contribution in [0.25, 0.3) is 0 Å². The van der Waals surface area contributed by atoms with Crippen LogP contribution in [0.1, 0.15) is 19.4 Å². The van der Waals surface area contributed by atoms with Gasteiger partial charge in [-0.15, -0.1) is 0 Å². The number of nitrogens with zero attached hydrogens (tertiary/aromatic N) is 1. The van der Waals surface area contributed by atoms with Crippen LogP contribution in [0.3, 0.4) is 0 Å². The summed E-state index contributed by atoms with van der Waals surface area (Å²) in [5, 5.41) is 0. The van der Waals surface area contributed by atoms with Crippen molar-refractivity contribution >= 4 is 23.1 Å². The Labute approximate surface area is 119 Å². The SMILES string of the molecule is COc1cccc(CC(=O)N(CC(N)=S)C(C)C)c1. The Bertz CT molecular complexity index is 461. The molecule has 1 rings (SSSR count). The third kappa shape index (κ3) is 4.87. The molecule has 4 nitrogen and oxygen atoms in total. The highest BCUT2D eigenvalue weighted by atomic mass is 32.1. The van der Waals surface area contributed by atoms with E-state index >= 15 is 0 Å². The molecule has 0 aliphatic carbocycles. The number of methoxy groups -OCH3 is 1. The predicted molar refractivity (Wildman–Crippen MR) is 80.3 cm³/mol. The first-order valence-electron chi connectivity index (χ1n) is 6.14. The molecule has 0 atom stereocenters. The molecular formula is C14H20N2O2S. The van der Waals surface area contributed by atoms with Crippen molar-refractivity contribution in [1.29, 1.82) is 0 Å². The minimum Gasteiger partial charge on any atom is -0.497 e. The van der Waals surface area contributed by atoms with E-state index in [2.05, 4.69) is 0 Å². The van der Waals surface area contributed by atoms with Gasteiger partial charge in [0.15, 0.2) is 0 Å². The van der Waals surface area contributed by atoms with Gasteiger partial charge in [-0.2, -0.15) is 0 Å². The van der Waals surface area contributed by atoms with E-state index in [1.165, 1.54) is 0 Å². The molecule has 0 saturated carbocycles. The normalized spacial score (nSPS) is 10.3. The van der Waals surface area contributed by atoms with Gasteiger partial charge >= 0.3 is 0 Å². The van der Waals surface area contributed by atoms with Crippen molar-refractivity contribution in [2.45, 2.75) is 26.3 Å². The Morgan fingerprint density at radius 1 is 1.47 bits per heavy atom. The number of ether oxygens (including phenoxy) is 1. The Kier molecular flexibility index (Phi) is 5.76. The van der Waals surface area contributed by atoms with Gasteiger partial charge in [0.1, 0.15) is 5.75 Å². The van der Waals surface area contributed by atoms with E-state index in [4.69, 9.17) is 22.7 Å². The maximum Gasteiger partial charge on any atom is 0.227 e. The molecular weight excluding hydrogens is 260 g/mol. The zero-order chi connectivity index (χ0) is 14.4. The van der Waals surface area contributed by atoms with Gasteiger partial charge < -0.3 is 15.4 Å². The summed E-state index contributed by atoms with van der Waals surface area (Å²) in [7, 11) is 1.61. The number of benzene rings is 1. The molecule has 0 saturated heterocycles. The number of carbonyl (C=O) groups excluding carboxylic acids is 1. The molecule has 0 aliphatic rings. The second kappa shape index (κ2) is 7.09. The van der Waals surface area contributed by atoms with Crippen LogP contribution in [0.15, 0.2) is 24.3 Å². The van der Waals surface area contributed by atoms with Crippen molar-refractivity contribution in [3.63, 3.8) is 0 Å². The molecule has 0 fully saturated rings. The monoisotopic (exact) mass is 280 g/mol. The number of carbonyl (C=O) groups is 1. The van der Waals surface area contributed by atoms with Crippen molar-refractivity contribution < 1.29 is 9.53 Å².